The second-order valence-corrected chi connectivity index (χ2v) is 4.52. The van der Waals surface area contributed by atoms with Gasteiger partial charge < -0.3 is 5.11 Å². The van der Waals surface area contributed by atoms with Crippen molar-refractivity contribution in [3.8, 4) is 0 Å². The minimum atomic E-state index is -0.834. The van der Waals surface area contributed by atoms with Crippen LogP contribution >= 0.6 is 22.9 Å². The largest absolute Gasteiger partial charge is 0.480 e. The van der Waals surface area contributed by atoms with Crippen molar-refractivity contribution in [1.82, 2.24) is 4.90 Å². The number of carbonyl (C=O) groups is 1. The van der Waals surface area contributed by atoms with Crippen molar-refractivity contribution in [1.29, 1.82) is 0 Å². The Bertz CT molecular complexity index is 351. The van der Waals surface area contributed by atoms with Gasteiger partial charge in [-0.3, -0.25) is 9.69 Å². The third kappa shape index (κ3) is 4.46. The first-order valence-electron chi connectivity index (χ1n) is 4.39. The summed E-state index contributed by atoms with van der Waals surface area (Å²) in [5.74, 6) is -0.834. The van der Waals surface area contributed by atoms with Gasteiger partial charge in [-0.2, -0.15) is 0 Å². The molecule has 0 aliphatic rings. The summed E-state index contributed by atoms with van der Waals surface area (Å²) in [5.41, 5.74) is 0. The van der Waals surface area contributed by atoms with Crippen molar-refractivity contribution in [2.75, 3.05) is 13.1 Å². The number of hydrogen-bond acceptors (Lipinski definition) is 3. The number of hydrogen-bond donors (Lipinski definition) is 1. The summed E-state index contributed by atoms with van der Waals surface area (Å²) in [6.45, 7) is 4.76. The van der Waals surface area contributed by atoms with Gasteiger partial charge in [-0.15, -0.1) is 17.9 Å². The standard InChI is InChI=1S/C10H12ClNO2S/c1-2-3-12(6-10(13)14)5-9-4-8(11)7-15-9/h2,4,7H,1,3,5-6H2,(H,13,14). The zero-order valence-electron chi connectivity index (χ0n) is 8.15. The van der Waals surface area contributed by atoms with Crippen LogP contribution in [0.15, 0.2) is 24.1 Å². The molecule has 5 heteroatoms. The maximum atomic E-state index is 10.6. The van der Waals surface area contributed by atoms with Gasteiger partial charge in [0, 0.05) is 23.3 Å². The van der Waals surface area contributed by atoms with E-state index >= 15 is 0 Å². The molecule has 0 aromatic carbocycles. The molecule has 0 atom stereocenters. The Labute approximate surface area is 97.6 Å². The van der Waals surface area contributed by atoms with E-state index in [4.69, 9.17) is 16.7 Å². The molecule has 0 radical (unpaired) electrons. The highest BCUT2D eigenvalue weighted by atomic mass is 35.5. The Hall–Kier alpha value is -0.840. The van der Waals surface area contributed by atoms with E-state index in [0.717, 1.165) is 4.88 Å². The Morgan fingerprint density at radius 2 is 2.47 bits per heavy atom. The average Bonchev–Trinajstić information content (AvgIpc) is 2.50. The molecule has 0 saturated heterocycles. The predicted molar refractivity (Wildman–Crippen MR) is 62.4 cm³/mol. The monoisotopic (exact) mass is 245 g/mol. The van der Waals surface area contributed by atoms with Gasteiger partial charge in [0.2, 0.25) is 0 Å². The molecule has 3 nitrogen and oxygen atoms in total. The number of thiophene rings is 1. The molecular formula is C10H12ClNO2S. The molecule has 0 saturated carbocycles. The second kappa shape index (κ2) is 5.90. The van der Waals surface area contributed by atoms with Crippen molar-refractivity contribution in [3.63, 3.8) is 0 Å². The van der Waals surface area contributed by atoms with Gasteiger partial charge in [0.05, 0.1) is 11.6 Å². The number of carboxylic acid groups (broad SMARTS) is 1. The van der Waals surface area contributed by atoms with Crippen LogP contribution in [-0.4, -0.2) is 29.1 Å². The number of carboxylic acids is 1. The van der Waals surface area contributed by atoms with Gasteiger partial charge in [-0.05, 0) is 6.07 Å². The Morgan fingerprint density at radius 3 is 2.93 bits per heavy atom. The average molecular weight is 246 g/mol. The molecule has 0 unspecified atom stereocenters. The molecule has 0 aliphatic heterocycles. The second-order valence-electron chi connectivity index (χ2n) is 3.08. The highest BCUT2D eigenvalue weighted by molar-refractivity contribution is 7.10. The first-order chi connectivity index (χ1) is 7.11. The number of nitrogens with zero attached hydrogens (tertiary/aromatic N) is 1. The summed E-state index contributed by atoms with van der Waals surface area (Å²) < 4.78 is 0. The molecule has 0 aliphatic carbocycles. The lowest BCUT2D eigenvalue weighted by atomic mass is 10.4. The summed E-state index contributed by atoms with van der Waals surface area (Å²) >= 11 is 7.31. The van der Waals surface area contributed by atoms with Crippen molar-refractivity contribution < 1.29 is 9.90 Å². The molecule has 0 bridgehead atoms. The minimum Gasteiger partial charge on any atom is -0.480 e. The molecule has 0 fully saturated rings. The van der Waals surface area contributed by atoms with E-state index < -0.39 is 5.97 Å². The first kappa shape index (κ1) is 12.2. The van der Waals surface area contributed by atoms with Crippen molar-refractivity contribution in [2.24, 2.45) is 0 Å². The van der Waals surface area contributed by atoms with Gasteiger partial charge in [0.15, 0.2) is 0 Å². The Morgan fingerprint density at radius 1 is 1.73 bits per heavy atom. The molecule has 1 aromatic heterocycles. The van der Waals surface area contributed by atoms with Crippen LogP contribution in [0.1, 0.15) is 4.88 Å². The quantitative estimate of drug-likeness (QED) is 0.783. The summed E-state index contributed by atoms with van der Waals surface area (Å²) in [4.78, 5) is 13.4. The SMILES string of the molecule is C=CCN(CC(=O)O)Cc1cc(Cl)cs1. The molecule has 0 amide bonds. The van der Waals surface area contributed by atoms with E-state index in [9.17, 15) is 4.79 Å². The van der Waals surface area contributed by atoms with Crippen molar-refractivity contribution in [2.45, 2.75) is 6.54 Å². The van der Waals surface area contributed by atoms with Gasteiger partial charge in [0.1, 0.15) is 0 Å². The van der Waals surface area contributed by atoms with Crippen LogP contribution < -0.4 is 0 Å². The summed E-state index contributed by atoms with van der Waals surface area (Å²) in [6.07, 6.45) is 1.69. The molecule has 82 valence electrons. The highest BCUT2D eigenvalue weighted by Crippen LogP contribution is 2.20. The highest BCUT2D eigenvalue weighted by Gasteiger charge is 2.09. The van der Waals surface area contributed by atoms with Crippen LogP contribution in [0, 0.1) is 0 Å². The van der Waals surface area contributed by atoms with Crippen molar-refractivity contribution in [3.05, 3.63) is 34.0 Å². The lowest BCUT2D eigenvalue weighted by Crippen LogP contribution is -2.29. The fourth-order valence-electron chi connectivity index (χ4n) is 1.22. The normalized spacial score (nSPS) is 10.5. The van der Waals surface area contributed by atoms with E-state index in [1.165, 1.54) is 11.3 Å². The summed E-state index contributed by atoms with van der Waals surface area (Å²) in [5, 5.41) is 11.2. The van der Waals surface area contributed by atoms with E-state index in [-0.39, 0.29) is 6.54 Å². The van der Waals surface area contributed by atoms with Crippen LogP contribution in [-0.2, 0) is 11.3 Å². The topological polar surface area (TPSA) is 40.5 Å². The molecule has 15 heavy (non-hydrogen) atoms. The Balaban J connectivity index is 2.57. The van der Waals surface area contributed by atoms with Crippen LogP contribution in [0.5, 0.6) is 0 Å². The van der Waals surface area contributed by atoms with E-state index in [1.807, 2.05) is 11.4 Å². The number of rotatable bonds is 6. The van der Waals surface area contributed by atoms with Gasteiger partial charge >= 0.3 is 5.97 Å². The van der Waals surface area contributed by atoms with Crippen LogP contribution in [0.3, 0.4) is 0 Å². The van der Waals surface area contributed by atoms with E-state index in [1.54, 1.807) is 11.0 Å². The summed E-state index contributed by atoms with van der Waals surface area (Å²) in [7, 11) is 0. The molecule has 1 heterocycles. The maximum absolute atomic E-state index is 10.6. The zero-order valence-corrected chi connectivity index (χ0v) is 9.72. The third-order valence-electron chi connectivity index (χ3n) is 1.75. The minimum absolute atomic E-state index is 0.0154. The van der Waals surface area contributed by atoms with Gasteiger partial charge in [-0.1, -0.05) is 17.7 Å². The lowest BCUT2D eigenvalue weighted by Gasteiger charge is -2.16. The van der Waals surface area contributed by atoms with Gasteiger partial charge in [-0.25, -0.2) is 0 Å². The zero-order chi connectivity index (χ0) is 11.3. The van der Waals surface area contributed by atoms with E-state index in [2.05, 4.69) is 6.58 Å². The van der Waals surface area contributed by atoms with Crippen LogP contribution in [0.25, 0.3) is 0 Å². The van der Waals surface area contributed by atoms with E-state index in [0.29, 0.717) is 18.1 Å². The first-order valence-corrected chi connectivity index (χ1v) is 5.65. The fourth-order valence-corrected chi connectivity index (χ4v) is 2.33. The number of aliphatic carboxylic acids is 1. The number of halogens is 1. The molecule has 1 rings (SSSR count). The van der Waals surface area contributed by atoms with Gasteiger partial charge in [0.25, 0.3) is 0 Å². The lowest BCUT2D eigenvalue weighted by molar-refractivity contribution is -0.138. The molecular weight excluding hydrogens is 234 g/mol. The smallest absolute Gasteiger partial charge is 0.317 e. The van der Waals surface area contributed by atoms with Crippen molar-refractivity contribution >= 4 is 28.9 Å². The van der Waals surface area contributed by atoms with Crippen LogP contribution in [0.2, 0.25) is 5.02 Å². The molecule has 0 spiro atoms. The third-order valence-corrected chi connectivity index (χ3v) is 3.02. The molecule has 1 N–H and O–H groups in total. The summed E-state index contributed by atoms with van der Waals surface area (Å²) in [6, 6.07) is 1.85. The van der Waals surface area contributed by atoms with Crippen LogP contribution in [0.4, 0.5) is 0 Å². The maximum Gasteiger partial charge on any atom is 0.317 e. The Kier molecular flexibility index (Phi) is 4.81. The molecule has 1 aromatic rings. The fraction of sp³-hybridized carbons (Fsp3) is 0.300. The predicted octanol–water partition coefficient (Wildman–Crippen LogP) is 2.47.